The second-order valence-electron chi connectivity index (χ2n) is 5.89. The molecule has 0 aliphatic heterocycles. The number of carbonyl (C=O) groups excluding carboxylic acids is 1. The molecule has 1 amide bonds. The van der Waals surface area contributed by atoms with Gasteiger partial charge in [-0.05, 0) is 41.0 Å². The highest BCUT2D eigenvalue weighted by atomic mass is 19.1. The molecule has 0 aromatic heterocycles. The van der Waals surface area contributed by atoms with Crippen molar-refractivity contribution in [3.8, 4) is 0 Å². The van der Waals surface area contributed by atoms with Crippen LogP contribution in [-0.2, 0) is 16.9 Å². The van der Waals surface area contributed by atoms with Gasteiger partial charge >= 0.3 is 0 Å². The van der Waals surface area contributed by atoms with E-state index in [-0.39, 0.29) is 17.7 Å². The number of halogens is 2. The van der Waals surface area contributed by atoms with E-state index in [2.05, 4.69) is 5.32 Å². The number of hydrogen-bond acceptors (Lipinski definition) is 2. The number of hydrogen-bond donors (Lipinski definition) is 2. The first-order chi connectivity index (χ1) is 12.5. The van der Waals surface area contributed by atoms with Gasteiger partial charge in [-0.3, -0.25) is 4.79 Å². The van der Waals surface area contributed by atoms with Crippen LogP contribution in [0.4, 0.5) is 8.78 Å². The smallest absolute Gasteiger partial charge is 0.261 e. The summed E-state index contributed by atoms with van der Waals surface area (Å²) < 4.78 is 26.5. The maximum atomic E-state index is 13.3. The Kier molecular flexibility index (Phi) is 5.09. The van der Waals surface area contributed by atoms with Crippen LogP contribution in [0.2, 0.25) is 0 Å². The van der Waals surface area contributed by atoms with E-state index in [4.69, 9.17) is 0 Å². The fourth-order valence-electron chi connectivity index (χ4n) is 2.72. The van der Waals surface area contributed by atoms with Crippen molar-refractivity contribution in [2.24, 2.45) is 0 Å². The second-order valence-corrected chi connectivity index (χ2v) is 5.89. The molecule has 0 saturated heterocycles. The summed E-state index contributed by atoms with van der Waals surface area (Å²) >= 11 is 0. The van der Waals surface area contributed by atoms with Crippen molar-refractivity contribution in [3.05, 3.63) is 107 Å². The lowest BCUT2D eigenvalue weighted by atomic mass is 9.85. The lowest BCUT2D eigenvalue weighted by Gasteiger charge is -2.28. The van der Waals surface area contributed by atoms with Crippen LogP contribution in [0.5, 0.6) is 0 Å². The van der Waals surface area contributed by atoms with Crippen LogP contribution in [-0.4, -0.2) is 11.0 Å². The zero-order valence-electron chi connectivity index (χ0n) is 13.8. The van der Waals surface area contributed by atoms with E-state index in [9.17, 15) is 18.7 Å². The molecule has 0 radical (unpaired) electrons. The minimum Gasteiger partial charge on any atom is -0.372 e. The standard InChI is InChI=1S/C21H17F2NO2/c22-18-10-6-16(7-11-18)21(26,17-8-12-19(23)13-9-17)20(25)24-14-15-4-2-1-3-5-15/h1-13,26H,14H2,(H,24,25). The van der Waals surface area contributed by atoms with E-state index in [0.717, 1.165) is 29.8 Å². The number of benzene rings is 3. The van der Waals surface area contributed by atoms with Crippen LogP contribution in [0.25, 0.3) is 0 Å². The SMILES string of the molecule is O=C(NCc1ccccc1)C(O)(c1ccc(F)cc1)c1ccc(F)cc1. The molecule has 0 aliphatic rings. The summed E-state index contributed by atoms with van der Waals surface area (Å²) in [6, 6.07) is 19.2. The predicted octanol–water partition coefficient (Wildman–Crippen LogP) is 3.52. The van der Waals surface area contributed by atoms with Gasteiger partial charge in [-0.15, -0.1) is 0 Å². The summed E-state index contributed by atoms with van der Waals surface area (Å²) in [6.45, 7) is 0.213. The largest absolute Gasteiger partial charge is 0.372 e. The molecule has 0 atom stereocenters. The first-order valence-corrected chi connectivity index (χ1v) is 8.07. The lowest BCUT2D eigenvalue weighted by molar-refractivity contribution is -0.136. The fraction of sp³-hybridized carbons (Fsp3) is 0.0952. The molecule has 0 heterocycles. The zero-order valence-corrected chi connectivity index (χ0v) is 13.8. The van der Waals surface area contributed by atoms with E-state index in [1.807, 2.05) is 30.3 Å². The Bertz CT molecular complexity index is 833. The van der Waals surface area contributed by atoms with Gasteiger partial charge in [-0.1, -0.05) is 54.6 Å². The maximum Gasteiger partial charge on any atom is 0.261 e. The molecule has 3 aromatic carbocycles. The predicted molar refractivity (Wildman–Crippen MR) is 94.1 cm³/mol. The molecule has 0 fully saturated rings. The number of carbonyl (C=O) groups is 1. The number of aliphatic hydroxyl groups is 1. The molecule has 0 aliphatic carbocycles. The van der Waals surface area contributed by atoms with Gasteiger partial charge in [0.25, 0.3) is 5.91 Å². The third-order valence-electron chi connectivity index (χ3n) is 4.15. The molecule has 0 bridgehead atoms. The third-order valence-corrected chi connectivity index (χ3v) is 4.15. The summed E-state index contributed by atoms with van der Waals surface area (Å²) in [6.07, 6.45) is 0. The van der Waals surface area contributed by atoms with Crippen molar-refractivity contribution in [1.29, 1.82) is 0 Å². The summed E-state index contributed by atoms with van der Waals surface area (Å²) in [5.74, 6) is -1.65. The molecule has 0 unspecified atom stereocenters. The molecule has 3 aromatic rings. The van der Waals surface area contributed by atoms with Gasteiger partial charge in [0.05, 0.1) is 0 Å². The molecule has 2 N–H and O–H groups in total. The van der Waals surface area contributed by atoms with Crippen molar-refractivity contribution in [1.82, 2.24) is 5.32 Å². The van der Waals surface area contributed by atoms with Crippen molar-refractivity contribution in [3.63, 3.8) is 0 Å². The fourth-order valence-corrected chi connectivity index (χ4v) is 2.72. The Morgan fingerprint density at radius 1 is 0.808 bits per heavy atom. The highest BCUT2D eigenvalue weighted by molar-refractivity contribution is 5.90. The van der Waals surface area contributed by atoms with E-state index in [1.165, 1.54) is 24.3 Å². The van der Waals surface area contributed by atoms with Crippen molar-refractivity contribution < 1.29 is 18.7 Å². The van der Waals surface area contributed by atoms with E-state index < -0.39 is 23.1 Å². The Morgan fingerprint density at radius 2 is 1.27 bits per heavy atom. The molecule has 26 heavy (non-hydrogen) atoms. The highest BCUT2D eigenvalue weighted by Gasteiger charge is 2.39. The zero-order chi connectivity index (χ0) is 18.6. The van der Waals surface area contributed by atoms with Gasteiger partial charge in [-0.25, -0.2) is 8.78 Å². The number of rotatable bonds is 5. The second kappa shape index (κ2) is 7.45. The van der Waals surface area contributed by atoms with Crippen molar-refractivity contribution >= 4 is 5.91 Å². The van der Waals surface area contributed by atoms with Gasteiger partial charge in [0.1, 0.15) is 11.6 Å². The Morgan fingerprint density at radius 3 is 1.73 bits per heavy atom. The Balaban J connectivity index is 1.95. The third kappa shape index (κ3) is 3.63. The highest BCUT2D eigenvalue weighted by Crippen LogP contribution is 2.30. The molecular formula is C21H17F2NO2. The minimum atomic E-state index is -2.07. The van der Waals surface area contributed by atoms with E-state index >= 15 is 0 Å². The summed E-state index contributed by atoms with van der Waals surface area (Å²) in [5, 5.41) is 13.9. The number of nitrogens with one attached hydrogen (secondary N) is 1. The average Bonchev–Trinajstić information content (AvgIpc) is 2.67. The Hall–Kier alpha value is -3.05. The molecule has 5 heteroatoms. The van der Waals surface area contributed by atoms with Crippen LogP contribution in [0.3, 0.4) is 0 Å². The summed E-state index contributed by atoms with van der Waals surface area (Å²) in [4.78, 5) is 12.9. The van der Waals surface area contributed by atoms with Crippen molar-refractivity contribution in [2.75, 3.05) is 0 Å². The molecule has 0 spiro atoms. The van der Waals surface area contributed by atoms with Crippen LogP contribution in [0.15, 0.2) is 78.9 Å². The van der Waals surface area contributed by atoms with Gasteiger partial charge in [0.2, 0.25) is 0 Å². The molecule has 3 nitrogen and oxygen atoms in total. The monoisotopic (exact) mass is 353 g/mol. The topological polar surface area (TPSA) is 49.3 Å². The average molecular weight is 353 g/mol. The van der Waals surface area contributed by atoms with Crippen LogP contribution in [0, 0.1) is 11.6 Å². The summed E-state index contributed by atoms with van der Waals surface area (Å²) in [7, 11) is 0. The molecule has 0 saturated carbocycles. The van der Waals surface area contributed by atoms with E-state index in [0.29, 0.717) is 0 Å². The quantitative estimate of drug-likeness (QED) is 0.737. The van der Waals surface area contributed by atoms with Crippen LogP contribution in [0.1, 0.15) is 16.7 Å². The number of amides is 1. The van der Waals surface area contributed by atoms with Crippen molar-refractivity contribution in [2.45, 2.75) is 12.1 Å². The molecule has 3 rings (SSSR count). The first-order valence-electron chi connectivity index (χ1n) is 8.07. The van der Waals surface area contributed by atoms with Gasteiger partial charge < -0.3 is 10.4 Å². The van der Waals surface area contributed by atoms with E-state index in [1.54, 1.807) is 0 Å². The van der Waals surface area contributed by atoms with Crippen LogP contribution >= 0.6 is 0 Å². The van der Waals surface area contributed by atoms with Gasteiger partial charge in [0, 0.05) is 6.54 Å². The summed E-state index contributed by atoms with van der Waals surface area (Å²) in [5.41, 5.74) is -0.829. The molecular weight excluding hydrogens is 336 g/mol. The van der Waals surface area contributed by atoms with Gasteiger partial charge in [-0.2, -0.15) is 0 Å². The first kappa shape index (κ1) is 17.8. The minimum absolute atomic E-state index is 0.191. The Labute approximate surface area is 149 Å². The van der Waals surface area contributed by atoms with Gasteiger partial charge in [0.15, 0.2) is 5.60 Å². The lowest BCUT2D eigenvalue weighted by Crippen LogP contribution is -2.45. The normalized spacial score (nSPS) is 11.2. The molecule has 132 valence electrons. The van der Waals surface area contributed by atoms with Crippen LogP contribution < -0.4 is 5.32 Å². The maximum absolute atomic E-state index is 13.3.